The first kappa shape index (κ1) is 12.7. The van der Waals surface area contributed by atoms with Crippen LogP contribution in [0.2, 0.25) is 0 Å². The van der Waals surface area contributed by atoms with E-state index in [2.05, 4.69) is 25.7 Å². The normalized spacial score (nSPS) is 13.4. The molecule has 1 aromatic heterocycles. The molecule has 1 rings (SSSR count). The van der Waals surface area contributed by atoms with Gasteiger partial charge in [0, 0.05) is 11.4 Å². The number of nitrogens with zero attached hydrogens (tertiary/aromatic N) is 1. The Balaban J connectivity index is 2.42. The third-order valence-electron chi connectivity index (χ3n) is 2.87. The zero-order chi connectivity index (χ0) is 11.3. The van der Waals surface area contributed by atoms with Crippen LogP contribution >= 0.6 is 11.3 Å². The maximum atomic E-state index is 10.0. The average molecular weight is 227 g/mol. The highest BCUT2D eigenvalue weighted by Crippen LogP contribution is 2.24. The van der Waals surface area contributed by atoms with Gasteiger partial charge in [-0.3, -0.25) is 0 Å². The number of hydrogen-bond acceptors (Lipinski definition) is 3. The fourth-order valence-corrected chi connectivity index (χ4v) is 2.50. The minimum absolute atomic E-state index is 0.295. The lowest BCUT2D eigenvalue weighted by Crippen LogP contribution is -2.25. The fraction of sp³-hybridized carbons (Fsp3) is 0.667. The van der Waals surface area contributed by atoms with Crippen molar-refractivity contribution in [2.75, 3.05) is 19.6 Å². The van der Waals surface area contributed by atoms with E-state index >= 15 is 0 Å². The number of rotatable bonds is 6. The molecule has 0 aromatic carbocycles. The molecule has 15 heavy (non-hydrogen) atoms. The van der Waals surface area contributed by atoms with Crippen molar-refractivity contribution in [2.24, 2.45) is 0 Å². The third kappa shape index (κ3) is 3.59. The first-order chi connectivity index (χ1) is 7.19. The molecule has 0 bridgehead atoms. The molecule has 1 aromatic rings. The summed E-state index contributed by atoms with van der Waals surface area (Å²) in [7, 11) is 0. The SMILES string of the molecule is CCN(CC)CCC(O)c1ccsc1C. The van der Waals surface area contributed by atoms with Crippen molar-refractivity contribution >= 4 is 11.3 Å². The predicted molar refractivity (Wildman–Crippen MR) is 66.4 cm³/mol. The van der Waals surface area contributed by atoms with Gasteiger partial charge in [0.15, 0.2) is 0 Å². The third-order valence-corrected chi connectivity index (χ3v) is 3.73. The van der Waals surface area contributed by atoms with Gasteiger partial charge in [-0.05, 0) is 43.4 Å². The number of thiophene rings is 1. The zero-order valence-corrected chi connectivity index (χ0v) is 10.7. The fourth-order valence-electron chi connectivity index (χ4n) is 1.74. The van der Waals surface area contributed by atoms with E-state index in [0.717, 1.165) is 31.6 Å². The Hall–Kier alpha value is -0.380. The highest BCUT2D eigenvalue weighted by atomic mass is 32.1. The molecule has 0 aliphatic heterocycles. The van der Waals surface area contributed by atoms with Gasteiger partial charge in [-0.1, -0.05) is 13.8 Å². The van der Waals surface area contributed by atoms with Gasteiger partial charge in [-0.25, -0.2) is 0 Å². The minimum atomic E-state index is -0.295. The quantitative estimate of drug-likeness (QED) is 0.808. The van der Waals surface area contributed by atoms with E-state index in [1.165, 1.54) is 4.88 Å². The van der Waals surface area contributed by atoms with E-state index < -0.39 is 0 Å². The predicted octanol–water partition coefficient (Wildman–Crippen LogP) is 2.82. The molecule has 0 amide bonds. The molecular weight excluding hydrogens is 206 g/mol. The topological polar surface area (TPSA) is 23.5 Å². The van der Waals surface area contributed by atoms with Crippen LogP contribution in [0.15, 0.2) is 11.4 Å². The molecule has 0 saturated carbocycles. The molecule has 86 valence electrons. The van der Waals surface area contributed by atoms with E-state index in [1.807, 2.05) is 11.4 Å². The summed E-state index contributed by atoms with van der Waals surface area (Å²) >= 11 is 1.70. The van der Waals surface area contributed by atoms with Crippen LogP contribution in [0, 0.1) is 6.92 Å². The Bertz CT molecular complexity index is 281. The Morgan fingerprint density at radius 1 is 1.40 bits per heavy atom. The molecule has 0 fully saturated rings. The van der Waals surface area contributed by atoms with Crippen LogP contribution in [0.4, 0.5) is 0 Å². The largest absolute Gasteiger partial charge is 0.388 e. The van der Waals surface area contributed by atoms with Gasteiger partial charge in [0.1, 0.15) is 0 Å². The molecule has 3 heteroatoms. The van der Waals surface area contributed by atoms with Crippen molar-refractivity contribution in [1.29, 1.82) is 0 Å². The zero-order valence-electron chi connectivity index (χ0n) is 9.86. The van der Waals surface area contributed by atoms with Gasteiger partial charge >= 0.3 is 0 Å². The number of aliphatic hydroxyl groups is 1. The lowest BCUT2D eigenvalue weighted by molar-refractivity contribution is 0.145. The summed E-state index contributed by atoms with van der Waals surface area (Å²) in [6, 6.07) is 2.03. The van der Waals surface area contributed by atoms with Gasteiger partial charge in [-0.2, -0.15) is 0 Å². The van der Waals surface area contributed by atoms with Gasteiger partial charge in [0.2, 0.25) is 0 Å². The molecular formula is C12H21NOS. The van der Waals surface area contributed by atoms with Crippen molar-refractivity contribution in [3.63, 3.8) is 0 Å². The van der Waals surface area contributed by atoms with Crippen LogP contribution < -0.4 is 0 Å². The van der Waals surface area contributed by atoms with Gasteiger partial charge in [-0.15, -0.1) is 11.3 Å². The molecule has 1 N–H and O–H groups in total. The van der Waals surface area contributed by atoms with Crippen molar-refractivity contribution < 1.29 is 5.11 Å². The van der Waals surface area contributed by atoms with Crippen LogP contribution in [0.25, 0.3) is 0 Å². The standard InChI is InChI=1S/C12H21NOS/c1-4-13(5-2)8-6-12(14)11-7-9-15-10(11)3/h7,9,12,14H,4-6,8H2,1-3H3. The van der Waals surface area contributed by atoms with Crippen molar-refractivity contribution in [1.82, 2.24) is 4.90 Å². The van der Waals surface area contributed by atoms with E-state index in [9.17, 15) is 5.11 Å². The first-order valence-electron chi connectivity index (χ1n) is 5.63. The molecule has 1 heterocycles. The van der Waals surface area contributed by atoms with Crippen LogP contribution in [0.1, 0.15) is 36.8 Å². The van der Waals surface area contributed by atoms with Crippen LogP contribution in [0.3, 0.4) is 0 Å². The van der Waals surface area contributed by atoms with E-state index in [4.69, 9.17) is 0 Å². The monoisotopic (exact) mass is 227 g/mol. The Kier molecular flexibility index (Phi) is 5.29. The summed E-state index contributed by atoms with van der Waals surface area (Å²) in [5, 5.41) is 12.1. The molecule has 1 atom stereocenters. The second-order valence-corrected chi connectivity index (χ2v) is 4.88. The maximum absolute atomic E-state index is 10.0. The summed E-state index contributed by atoms with van der Waals surface area (Å²) in [6.45, 7) is 9.49. The highest BCUT2D eigenvalue weighted by Gasteiger charge is 2.12. The van der Waals surface area contributed by atoms with Crippen LogP contribution in [-0.2, 0) is 0 Å². The molecule has 1 unspecified atom stereocenters. The van der Waals surface area contributed by atoms with Crippen molar-refractivity contribution in [2.45, 2.75) is 33.3 Å². The summed E-state index contributed by atoms with van der Waals surface area (Å²) in [6.07, 6.45) is 0.538. The summed E-state index contributed by atoms with van der Waals surface area (Å²) < 4.78 is 0. The lowest BCUT2D eigenvalue weighted by atomic mass is 10.1. The highest BCUT2D eigenvalue weighted by molar-refractivity contribution is 7.10. The molecule has 0 saturated heterocycles. The molecule has 0 aliphatic rings. The average Bonchev–Trinajstić information content (AvgIpc) is 2.66. The number of aryl methyl sites for hydroxylation is 1. The molecule has 0 spiro atoms. The Morgan fingerprint density at radius 2 is 2.07 bits per heavy atom. The molecule has 0 radical (unpaired) electrons. The Morgan fingerprint density at radius 3 is 2.53 bits per heavy atom. The van der Waals surface area contributed by atoms with E-state index in [1.54, 1.807) is 11.3 Å². The summed E-state index contributed by atoms with van der Waals surface area (Å²) in [4.78, 5) is 3.58. The second-order valence-electron chi connectivity index (χ2n) is 3.76. The van der Waals surface area contributed by atoms with E-state index in [0.29, 0.717) is 0 Å². The smallest absolute Gasteiger partial charge is 0.0812 e. The summed E-state index contributed by atoms with van der Waals surface area (Å²) in [5.41, 5.74) is 1.10. The van der Waals surface area contributed by atoms with Gasteiger partial charge in [0.05, 0.1) is 6.10 Å². The lowest BCUT2D eigenvalue weighted by Gasteiger charge is -2.20. The first-order valence-corrected chi connectivity index (χ1v) is 6.51. The van der Waals surface area contributed by atoms with Crippen LogP contribution in [0.5, 0.6) is 0 Å². The maximum Gasteiger partial charge on any atom is 0.0812 e. The number of aliphatic hydroxyl groups excluding tert-OH is 1. The van der Waals surface area contributed by atoms with E-state index in [-0.39, 0.29) is 6.10 Å². The van der Waals surface area contributed by atoms with Gasteiger partial charge in [0.25, 0.3) is 0 Å². The van der Waals surface area contributed by atoms with Crippen molar-refractivity contribution in [3.8, 4) is 0 Å². The minimum Gasteiger partial charge on any atom is -0.388 e. The van der Waals surface area contributed by atoms with Gasteiger partial charge < -0.3 is 10.0 Å². The number of hydrogen-bond donors (Lipinski definition) is 1. The Labute approximate surface area is 96.5 Å². The molecule has 2 nitrogen and oxygen atoms in total. The van der Waals surface area contributed by atoms with Crippen LogP contribution in [-0.4, -0.2) is 29.6 Å². The molecule has 0 aliphatic carbocycles. The second kappa shape index (κ2) is 6.26. The van der Waals surface area contributed by atoms with Crippen molar-refractivity contribution in [3.05, 3.63) is 21.9 Å². The summed E-state index contributed by atoms with van der Waals surface area (Å²) in [5.74, 6) is 0.